The molecule has 0 amide bonds. The zero-order valence-electron chi connectivity index (χ0n) is 10.2. The van der Waals surface area contributed by atoms with Crippen LogP contribution < -0.4 is 10.6 Å². The Labute approximate surface area is 115 Å². The summed E-state index contributed by atoms with van der Waals surface area (Å²) in [5.41, 5.74) is 0. The molecule has 1 saturated carbocycles. The summed E-state index contributed by atoms with van der Waals surface area (Å²) in [6.45, 7) is 3.18. The van der Waals surface area contributed by atoms with E-state index in [0.29, 0.717) is 6.04 Å². The number of thiophene rings is 1. The van der Waals surface area contributed by atoms with Crippen molar-refractivity contribution in [2.45, 2.75) is 25.8 Å². The first-order chi connectivity index (χ1) is 8.19. The number of aliphatic imine (C=N–C) groups is 1. The van der Waals surface area contributed by atoms with E-state index in [4.69, 9.17) is 0 Å². The average molecular weight is 316 g/mol. The third-order valence-electron chi connectivity index (χ3n) is 2.95. The van der Waals surface area contributed by atoms with Crippen molar-refractivity contribution in [2.75, 3.05) is 13.6 Å². The molecule has 17 heavy (non-hydrogen) atoms. The van der Waals surface area contributed by atoms with Crippen LogP contribution in [0.2, 0.25) is 0 Å². The van der Waals surface area contributed by atoms with Crippen LogP contribution >= 0.6 is 27.3 Å². The summed E-state index contributed by atoms with van der Waals surface area (Å²) in [5, 5.41) is 6.76. The van der Waals surface area contributed by atoms with Crippen molar-refractivity contribution in [2.24, 2.45) is 10.9 Å². The summed E-state index contributed by atoms with van der Waals surface area (Å²) >= 11 is 5.27. The van der Waals surface area contributed by atoms with Gasteiger partial charge in [0.1, 0.15) is 0 Å². The third kappa shape index (κ3) is 4.00. The molecule has 0 aromatic carbocycles. The van der Waals surface area contributed by atoms with Gasteiger partial charge in [0, 0.05) is 24.5 Å². The second kappa shape index (κ2) is 5.87. The van der Waals surface area contributed by atoms with Crippen molar-refractivity contribution in [3.63, 3.8) is 0 Å². The number of rotatable bonds is 4. The van der Waals surface area contributed by atoms with Gasteiger partial charge in [0.25, 0.3) is 0 Å². The van der Waals surface area contributed by atoms with E-state index in [1.54, 1.807) is 11.3 Å². The zero-order valence-corrected chi connectivity index (χ0v) is 12.6. The lowest BCUT2D eigenvalue weighted by Crippen LogP contribution is -2.39. The van der Waals surface area contributed by atoms with Crippen LogP contribution in [-0.4, -0.2) is 25.6 Å². The minimum Gasteiger partial charge on any atom is -0.356 e. The van der Waals surface area contributed by atoms with Gasteiger partial charge in [0.05, 0.1) is 3.79 Å². The van der Waals surface area contributed by atoms with E-state index < -0.39 is 0 Å². The smallest absolute Gasteiger partial charge is 0.191 e. The van der Waals surface area contributed by atoms with E-state index in [1.807, 2.05) is 7.05 Å². The van der Waals surface area contributed by atoms with Gasteiger partial charge >= 0.3 is 0 Å². The lowest BCUT2D eigenvalue weighted by molar-refractivity contribution is 0.760. The van der Waals surface area contributed by atoms with Gasteiger partial charge in [-0.25, -0.2) is 0 Å². The van der Waals surface area contributed by atoms with E-state index in [2.05, 4.69) is 50.6 Å². The molecule has 2 rings (SSSR count). The lowest BCUT2D eigenvalue weighted by atomic mass is 10.3. The van der Waals surface area contributed by atoms with E-state index >= 15 is 0 Å². The predicted octanol–water partition coefficient (Wildman–Crippen LogP) is 2.63. The van der Waals surface area contributed by atoms with Crippen LogP contribution in [0.5, 0.6) is 0 Å². The number of nitrogens with zero attached hydrogens (tertiary/aromatic N) is 1. The maximum Gasteiger partial charge on any atom is 0.191 e. The van der Waals surface area contributed by atoms with Crippen molar-refractivity contribution in [3.05, 3.63) is 20.8 Å². The van der Waals surface area contributed by atoms with Crippen LogP contribution in [0.3, 0.4) is 0 Å². The largest absolute Gasteiger partial charge is 0.356 e. The molecule has 2 unspecified atom stereocenters. The van der Waals surface area contributed by atoms with Crippen LogP contribution in [0.4, 0.5) is 0 Å². The molecular formula is C12H18BrN3S. The quantitative estimate of drug-likeness (QED) is 0.662. The van der Waals surface area contributed by atoms with Gasteiger partial charge in [-0.15, -0.1) is 11.3 Å². The molecule has 1 aliphatic rings. The summed E-state index contributed by atoms with van der Waals surface area (Å²) < 4.78 is 1.20. The molecule has 0 saturated heterocycles. The van der Waals surface area contributed by atoms with Crippen molar-refractivity contribution in [1.29, 1.82) is 0 Å². The number of halogens is 1. The average Bonchev–Trinajstić information content (AvgIpc) is 2.82. The molecule has 3 nitrogen and oxygen atoms in total. The monoisotopic (exact) mass is 315 g/mol. The molecule has 2 N–H and O–H groups in total. The fourth-order valence-corrected chi connectivity index (χ4v) is 3.17. The Bertz CT molecular complexity index is 402. The summed E-state index contributed by atoms with van der Waals surface area (Å²) in [7, 11) is 1.82. The van der Waals surface area contributed by atoms with Gasteiger partial charge in [-0.3, -0.25) is 4.99 Å². The topological polar surface area (TPSA) is 36.4 Å². The number of hydrogen-bond donors (Lipinski definition) is 2. The summed E-state index contributed by atoms with van der Waals surface area (Å²) in [6.07, 6.45) is 2.30. The van der Waals surface area contributed by atoms with E-state index in [9.17, 15) is 0 Å². The SMILES string of the molecule is CN=C(NCCc1ccc(Br)s1)NC1CC1C. The maximum atomic E-state index is 4.23. The zero-order chi connectivity index (χ0) is 12.3. The predicted molar refractivity (Wildman–Crippen MR) is 77.8 cm³/mol. The summed E-state index contributed by atoms with van der Waals surface area (Å²) in [4.78, 5) is 5.62. The minimum absolute atomic E-state index is 0.622. The maximum absolute atomic E-state index is 4.23. The fourth-order valence-electron chi connectivity index (χ4n) is 1.68. The van der Waals surface area contributed by atoms with Crippen molar-refractivity contribution in [1.82, 2.24) is 10.6 Å². The number of guanidine groups is 1. The third-order valence-corrected chi connectivity index (χ3v) is 4.63. The van der Waals surface area contributed by atoms with Crippen LogP contribution in [0.1, 0.15) is 18.2 Å². The molecule has 0 aliphatic heterocycles. The molecule has 0 bridgehead atoms. The van der Waals surface area contributed by atoms with E-state index in [0.717, 1.165) is 24.8 Å². The second-order valence-corrected chi connectivity index (χ2v) is 6.97. The van der Waals surface area contributed by atoms with Crippen LogP contribution in [-0.2, 0) is 6.42 Å². The number of hydrogen-bond acceptors (Lipinski definition) is 2. The normalized spacial score (nSPS) is 23.6. The molecule has 1 aromatic heterocycles. The standard InChI is InChI=1S/C12H18BrN3S/c1-8-7-10(8)16-12(14-2)15-6-5-9-3-4-11(13)17-9/h3-4,8,10H,5-7H2,1-2H3,(H2,14,15,16). The molecule has 2 atom stereocenters. The van der Waals surface area contributed by atoms with Gasteiger partial charge in [0.2, 0.25) is 0 Å². The Hall–Kier alpha value is -0.550. The van der Waals surface area contributed by atoms with Crippen molar-refractivity contribution in [3.8, 4) is 0 Å². The van der Waals surface area contributed by atoms with Gasteiger partial charge in [-0.05, 0) is 46.8 Å². The van der Waals surface area contributed by atoms with Gasteiger partial charge in [-0.1, -0.05) is 6.92 Å². The Kier molecular flexibility index (Phi) is 4.45. The highest BCUT2D eigenvalue weighted by Gasteiger charge is 2.33. The van der Waals surface area contributed by atoms with Gasteiger partial charge < -0.3 is 10.6 Å². The molecular weight excluding hydrogens is 298 g/mol. The van der Waals surface area contributed by atoms with E-state index in [1.165, 1.54) is 15.1 Å². The molecule has 0 radical (unpaired) electrons. The fraction of sp³-hybridized carbons (Fsp3) is 0.583. The Balaban J connectivity index is 1.69. The molecule has 0 spiro atoms. The molecule has 1 heterocycles. The highest BCUT2D eigenvalue weighted by molar-refractivity contribution is 9.11. The highest BCUT2D eigenvalue weighted by Crippen LogP contribution is 2.28. The molecule has 1 aliphatic carbocycles. The van der Waals surface area contributed by atoms with Gasteiger partial charge in [-0.2, -0.15) is 0 Å². The minimum atomic E-state index is 0.622. The summed E-state index contributed by atoms with van der Waals surface area (Å²) in [6, 6.07) is 4.88. The Morgan fingerprint density at radius 2 is 2.35 bits per heavy atom. The highest BCUT2D eigenvalue weighted by atomic mass is 79.9. The molecule has 5 heteroatoms. The van der Waals surface area contributed by atoms with Crippen molar-refractivity contribution >= 4 is 33.2 Å². The first kappa shape index (κ1) is 12.9. The van der Waals surface area contributed by atoms with Crippen LogP contribution in [0.15, 0.2) is 20.9 Å². The van der Waals surface area contributed by atoms with Crippen molar-refractivity contribution < 1.29 is 0 Å². The first-order valence-corrected chi connectivity index (χ1v) is 7.51. The Morgan fingerprint density at radius 1 is 1.59 bits per heavy atom. The second-order valence-electron chi connectivity index (χ2n) is 4.42. The van der Waals surface area contributed by atoms with E-state index in [-0.39, 0.29) is 0 Å². The molecule has 1 fully saturated rings. The summed E-state index contributed by atoms with van der Waals surface area (Å²) in [5.74, 6) is 1.72. The molecule has 94 valence electrons. The lowest BCUT2D eigenvalue weighted by Gasteiger charge is -2.10. The van der Waals surface area contributed by atoms with Crippen LogP contribution in [0, 0.1) is 5.92 Å². The van der Waals surface area contributed by atoms with Crippen LogP contribution in [0.25, 0.3) is 0 Å². The number of nitrogens with one attached hydrogen (secondary N) is 2. The Morgan fingerprint density at radius 3 is 2.88 bits per heavy atom. The first-order valence-electron chi connectivity index (χ1n) is 5.90. The molecule has 1 aromatic rings. The van der Waals surface area contributed by atoms with Gasteiger partial charge in [0.15, 0.2) is 5.96 Å².